The molecule has 0 spiro atoms. The number of hydrogen-bond acceptors (Lipinski definition) is 3. The molecule has 0 aliphatic carbocycles. The first kappa shape index (κ1) is 13.1. The highest BCUT2D eigenvalue weighted by molar-refractivity contribution is 5.67. The Morgan fingerprint density at radius 2 is 1.82 bits per heavy atom. The van der Waals surface area contributed by atoms with E-state index in [1.54, 1.807) is 0 Å². The average Bonchev–Trinajstić information content (AvgIpc) is 2.18. The highest BCUT2D eigenvalue weighted by atomic mass is 19.4. The molecule has 1 aromatic carbocycles. The third-order valence-corrected chi connectivity index (χ3v) is 1.84. The first-order valence-corrected chi connectivity index (χ1v) is 4.53. The Balaban J connectivity index is 2.79. The van der Waals surface area contributed by atoms with E-state index >= 15 is 0 Å². The Hall–Kier alpha value is -1.92. The molecule has 2 N–H and O–H groups in total. The molecule has 17 heavy (non-hydrogen) atoms. The van der Waals surface area contributed by atoms with E-state index in [-0.39, 0.29) is 11.5 Å². The maximum Gasteiger partial charge on any atom is 0.425 e. The lowest BCUT2D eigenvalue weighted by Crippen LogP contribution is -2.36. The number of carboxylic acids is 1. The summed E-state index contributed by atoms with van der Waals surface area (Å²) < 4.78 is 41.8. The van der Waals surface area contributed by atoms with E-state index in [0.717, 1.165) is 24.3 Å². The SMILES string of the molecule is O=C(O)CC(Oc1ccc(O)cc1)C(F)(F)F. The lowest BCUT2D eigenvalue weighted by Gasteiger charge is -2.20. The summed E-state index contributed by atoms with van der Waals surface area (Å²) in [5.74, 6) is -1.89. The number of halogens is 3. The van der Waals surface area contributed by atoms with E-state index in [1.165, 1.54) is 0 Å². The number of aromatic hydroxyl groups is 1. The molecule has 0 fully saturated rings. The summed E-state index contributed by atoms with van der Waals surface area (Å²) in [6, 6.07) is 4.53. The fourth-order valence-electron chi connectivity index (χ4n) is 1.07. The first-order valence-electron chi connectivity index (χ1n) is 4.53. The highest BCUT2D eigenvalue weighted by Crippen LogP contribution is 2.28. The van der Waals surface area contributed by atoms with Gasteiger partial charge in [-0.25, -0.2) is 0 Å². The van der Waals surface area contributed by atoms with E-state index in [4.69, 9.17) is 10.2 Å². The van der Waals surface area contributed by atoms with Gasteiger partial charge in [-0.15, -0.1) is 0 Å². The van der Waals surface area contributed by atoms with Gasteiger partial charge >= 0.3 is 12.1 Å². The zero-order chi connectivity index (χ0) is 13.1. The number of carbonyl (C=O) groups is 1. The van der Waals surface area contributed by atoms with Crippen molar-refractivity contribution >= 4 is 5.97 Å². The number of phenols is 1. The Kier molecular flexibility index (Phi) is 3.82. The van der Waals surface area contributed by atoms with Gasteiger partial charge in [0.15, 0.2) is 0 Å². The van der Waals surface area contributed by atoms with Crippen LogP contribution in [0.5, 0.6) is 11.5 Å². The predicted molar refractivity (Wildman–Crippen MR) is 50.8 cm³/mol. The molecule has 0 aromatic heterocycles. The van der Waals surface area contributed by atoms with Gasteiger partial charge in [-0.05, 0) is 24.3 Å². The van der Waals surface area contributed by atoms with Crippen molar-refractivity contribution in [2.45, 2.75) is 18.7 Å². The fourth-order valence-corrected chi connectivity index (χ4v) is 1.07. The van der Waals surface area contributed by atoms with Crippen LogP contribution in [0.2, 0.25) is 0 Å². The number of alkyl halides is 3. The summed E-state index contributed by atoms with van der Waals surface area (Å²) in [5, 5.41) is 17.3. The van der Waals surface area contributed by atoms with Gasteiger partial charge in [0.2, 0.25) is 6.10 Å². The van der Waals surface area contributed by atoms with E-state index < -0.39 is 24.7 Å². The van der Waals surface area contributed by atoms with Crippen molar-refractivity contribution in [1.82, 2.24) is 0 Å². The standard InChI is InChI=1S/C10H9F3O4/c11-10(12,13)8(5-9(15)16)17-7-3-1-6(14)2-4-7/h1-4,8,14H,5H2,(H,15,16). The van der Waals surface area contributed by atoms with E-state index in [1.807, 2.05) is 0 Å². The monoisotopic (exact) mass is 250 g/mol. The smallest absolute Gasteiger partial charge is 0.425 e. The van der Waals surface area contributed by atoms with Crippen molar-refractivity contribution in [2.24, 2.45) is 0 Å². The van der Waals surface area contributed by atoms with Crippen LogP contribution >= 0.6 is 0 Å². The van der Waals surface area contributed by atoms with Crippen LogP contribution < -0.4 is 4.74 Å². The number of hydrogen-bond donors (Lipinski definition) is 2. The van der Waals surface area contributed by atoms with Crippen LogP contribution in [-0.4, -0.2) is 28.5 Å². The number of ether oxygens (including phenoxy) is 1. The van der Waals surface area contributed by atoms with E-state index in [9.17, 15) is 18.0 Å². The minimum Gasteiger partial charge on any atom is -0.508 e. The normalized spacial score (nSPS) is 13.1. The Bertz CT molecular complexity index is 386. The molecule has 0 saturated heterocycles. The van der Waals surface area contributed by atoms with Crippen molar-refractivity contribution in [3.63, 3.8) is 0 Å². The van der Waals surface area contributed by atoms with Gasteiger partial charge in [-0.2, -0.15) is 13.2 Å². The molecule has 0 bridgehead atoms. The second-order valence-electron chi connectivity index (χ2n) is 3.24. The molecule has 0 aliphatic heterocycles. The van der Waals surface area contributed by atoms with Gasteiger partial charge < -0.3 is 14.9 Å². The van der Waals surface area contributed by atoms with Crippen LogP contribution in [0.1, 0.15) is 6.42 Å². The quantitative estimate of drug-likeness (QED) is 0.859. The van der Waals surface area contributed by atoms with Crippen molar-refractivity contribution in [3.05, 3.63) is 24.3 Å². The molecule has 7 heteroatoms. The minimum atomic E-state index is -4.77. The molecule has 1 unspecified atom stereocenters. The molecule has 1 atom stereocenters. The van der Waals surface area contributed by atoms with Crippen molar-refractivity contribution in [2.75, 3.05) is 0 Å². The molecular formula is C10H9F3O4. The molecule has 0 aliphatic rings. The van der Waals surface area contributed by atoms with E-state index in [2.05, 4.69) is 4.74 Å². The van der Waals surface area contributed by atoms with Gasteiger partial charge in [0.1, 0.15) is 11.5 Å². The second kappa shape index (κ2) is 4.94. The lowest BCUT2D eigenvalue weighted by atomic mass is 10.2. The molecule has 0 saturated carbocycles. The number of rotatable bonds is 4. The third kappa shape index (κ3) is 4.21. The van der Waals surface area contributed by atoms with Crippen LogP contribution in [0.25, 0.3) is 0 Å². The molecule has 4 nitrogen and oxygen atoms in total. The summed E-state index contributed by atoms with van der Waals surface area (Å²) in [5.41, 5.74) is 0. The molecule has 94 valence electrons. The maximum atomic E-state index is 12.4. The number of aliphatic carboxylic acids is 1. The maximum absolute atomic E-state index is 12.4. The van der Waals surface area contributed by atoms with Gasteiger partial charge in [-0.1, -0.05) is 0 Å². The van der Waals surface area contributed by atoms with Gasteiger partial charge in [-0.3, -0.25) is 4.79 Å². The molecule has 0 heterocycles. The number of carboxylic acid groups (broad SMARTS) is 1. The van der Waals surface area contributed by atoms with Crippen LogP contribution in [-0.2, 0) is 4.79 Å². The third-order valence-electron chi connectivity index (χ3n) is 1.84. The van der Waals surface area contributed by atoms with Crippen molar-refractivity contribution in [3.8, 4) is 11.5 Å². The summed E-state index contributed by atoms with van der Waals surface area (Å²) in [7, 11) is 0. The Morgan fingerprint density at radius 3 is 2.24 bits per heavy atom. The molecule has 1 aromatic rings. The molecule has 1 rings (SSSR count). The summed E-state index contributed by atoms with van der Waals surface area (Å²) in [6.45, 7) is 0. The molecule has 0 radical (unpaired) electrons. The van der Waals surface area contributed by atoms with Gasteiger partial charge in [0.05, 0.1) is 6.42 Å². The summed E-state index contributed by atoms with van der Waals surface area (Å²) in [4.78, 5) is 10.3. The van der Waals surface area contributed by atoms with Crippen molar-refractivity contribution in [1.29, 1.82) is 0 Å². The van der Waals surface area contributed by atoms with Crippen LogP contribution in [0, 0.1) is 0 Å². The fraction of sp³-hybridized carbons (Fsp3) is 0.300. The largest absolute Gasteiger partial charge is 0.508 e. The summed E-state index contributed by atoms with van der Waals surface area (Å²) >= 11 is 0. The van der Waals surface area contributed by atoms with Crippen LogP contribution in [0.3, 0.4) is 0 Å². The zero-order valence-electron chi connectivity index (χ0n) is 8.44. The minimum absolute atomic E-state index is 0.126. The number of benzene rings is 1. The first-order chi connectivity index (χ1) is 7.79. The predicted octanol–water partition coefficient (Wildman–Crippen LogP) is 2.18. The lowest BCUT2D eigenvalue weighted by molar-refractivity contribution is -0.200. The van der Waals surface area contributed by atoms with Crippen molar-refractivity contribution < 1.29 is 32.9 Å². The molecule has 0 amide bonds. The van der Waals surface area contributed by atoms with Crippen LogP contribution in [0.4, 0.5) is 13.2 Å². The van der Waals surface area contributed by atoms with Crippen LogP contribution in [0.15, 0.2) is 24.3 Å². The van der Waals surface area contributed by atoms with Gasteiger partial charge in [0, 0.05) is 0 Å². The summed E-state index contributed by atoms with van der Waals surface area (Å²) in [6.07, 6.45) is -8.36. The molecular weight excluding hydrogens is 241 g/mol. The van der Waals surface area contributed by atoms with E-state index in [0.29, 0.717) is 0 Å². The number of phenolic OH excluding ortho intramolecular Hbond substituents is 1. The average molecular weight is 250 g/mol. The zero-order valence-corrected chi connectivity index (χ0v) is 8.44. The second-order valence-corrected chi connectivity index (χ2v) is 3.24. The highest BCUT2D eigenvalue weighted by Gasteiger charge is 2.43. The van der Waals surface area contributed by atoms with Gasteiger partial charge in [0.25, 0.3) is 0 Å². The Morgan fingerprint density at radius 1 is 1.29 bits per heavy atom. The Labute approximate surface area is 94.3 Å². The topological polar surface area (TPSA) is 66.8 Å².